The van der Waals surface area contributed by atoms with Gasteiger partial charge in [-0.3, -0.25) is 4.90 Å². The van der Waals surface area contributed by atoms with Crippen LogP contribution in [0.2, 0.25) is 0 Å². The van der Waals surface area contributed by atoms with Crippen LogP contribution < -0.4 is 0 Å². The van der Waals surface area contributed by atoms with Crippen molar-refractivity contribution in [2.24, 2.45) is 0 Å². The zero-order valence-corrected chi connectivity index (χ0v) is 13.9. The Hall–Kier alpha value is -2.20. The second-order valence-corrected chi connectivity index (χ2v) is 6.29. The minimum Gasteiger partial charge on any atom is -0.465 e. The molecule has 3 rings (SSSR count). The Kier molecular flexibility index (Phi) is 5.26. The summed E-state index contributed by atoms with van der Waals surface area (Å²) in [5.74, 6) is -0.484. The maximum absolute atomic E-state index is 13.4. The number of methoxy groups -OCH3 is 1. The molecule has 0 bridgehead atoms. The molecule has 1 unspecified atom stereocenters. The number of nitrogens with zero attached hydrogens (tertiary/aromatic N) is 1. The van der Waals surface area contributed by atoms with Crippen LogP contribution in [0.5, 0.6) is 0 Å². The Morgan fingerprint density at radius 2 is 2.00 bits per heavy atom. The Bertz CT molecular complexity index is 699. The molecule has 1 saturated heterocycles. The van der Waals surface area contributed by atoms with Crippen LogP contribution >= 0.6 is 0 Å². The standard InChI is InChI=1S/C20H22FNO2/c1-24-20(23)17-9-7-15(8-10-17)14-22-11-3-6-19(22)13-16-4-2-5-18(21)12-16/h2,4-5,7-10,12,19H,3,6,11,13-14H2,1H3. The van der Waals surface area contributed by atoms with Crippen molar-refractivity contribution in [1.82, 2.24) is 4.90 Å². The summed E-state index contributed by atoms with van der Waals surface area (Å²) in [5.41, 5.74) is 2.79. The van der Waals surface area contributed by atoms with E-state index in [1.54, 1.807) is 24.3 Å². The molecule has 0 radical (unpaired) electrons. The van der Waals surface area contributed by atoms with E-state index in [4.69, 9.17) is 4.74 Å². The van der Waals surface area contributed by atoms with E-state index in [1.165, 1.54) is 25.2 Å². The first-order valence-corrected chi connectivity index (χ1v) is 8.31. The fourth-order valence-electron chi connectivity index (χ4n) is 3.37. The Morgan fingerprint density at radius 3 is 2.71 bits per heavy atom. The molecule has 0 N–H and O–H groups in total. The summed E-state index contributed by atoms with van der Waals surface area (Å²) in [6.07, 6.45) is 3.18. The predicted octanol–water partition coefficient (Wildman–Crippen LogP) is 3.82. The van der Waals surface area contributed by atoms with Crippen LogP contribution in [0.1, 0.15) is 34.3 Å². The van der Waals surface area contributed by atoms with Gasteiger partial charge < -0.3 is 4.74 Å². The first-order valence-electron chi connectivity index (χ1n) is 8.31. The summed E-state index contributed by atoms with van der Waals surface area (Å²) in [6.45, 7) is 1.90. The number of ether oxygens (including phenoxy) is 1. The van der Waals surface area contributed by atoms with E-state index in [-0.39, 0.29) is 11.8 Å². The third-order valence-corrected chi connectivity index (χ3v) is 4.62. The quantitative estimate of drug-likeness (QED) is 0.782. The zero-order chi connectivity index (χ0) is 16.9. The topological polar surface area (TPSA) is 29.5 Å². The number of hydrogen-bond donors (Lipinski definition) is 0. The van der Waals surface area contributed by atoms with Crippen LogP contribution in [0, 0.1) is 5.82 Å². The molecule has 0 saturated carbocycles. The van der Waals surface area contributed by atoms with E-state index in [9.17, 15) is 9.18 Å². The monoisotopic (exact) mass is 327 g/mol. The van der Waals surface area contributed by atoms with E-state index in [0.717, 1.165) is 31.5 Å². The third kappa shape index (κ3) is 4.01. The van der Waals surface area contributed by atoms with Gasteiger partial charge in [-0.05, 0) is 61.2 Å². The van der Waals surface area contributed by atoms with Crippen LogP contribution in [0.15, 0.2) is 48.5 Å². The molecule has 0 aromatic heterocycles. The van der Waals surface area contributed by atoms with E-state index in [0.29, 0.717) is 11.6 Å². The number of likely N-dealkylation sites (tertiary alicyclic amines) is 1. The molecule has 2 aromatic rings. The number of halogens is 1. The average Bonchev–Trinajstić information content (AvgIpc) is 3.01. The zero-order valence-electron chi connectivity index (χ0n) is 13.9. The minimum atomic E-state index is -0.313. The Labute approximate surface area is 142 Å². The van der Waals surface area contributed by atoms with Gasteiger partial charge in [0.05, 0.1) is 12.7 Å². The molecule has 1 aliphatic rings. The lowest BCUT2D eigenvalue weighted by Crippen LogP contribution is -2.30. The van der Waals surface area contributed by atoms with Gasteiger partial charge >= 0.3 is 5.97 Å². The molecule has 4 heteroatoms. The van der Waals surface area contributed by atoms with Crippen molar-refractivity contribution in [2.75, 3.05) is 13.7 Å². The molecule has 2 aromatic carbocycles. The van der Waals surface area contributed by atoms with Crippen LogP contribution in [-0.4, -0.2) is 30.6 Å². The highest BCUT2D eigenvalue weighted by atomic mass is 19.1. The van der Waals surface area contributed by atoms with Gasteiger partial charge in [-0.25, -0.2) is 9.18 Å². The van der Waals surface area contributed by atoms with Crippen LogP contribution in [-0.2, 0) is 17.7 Å². The first-order chi connectivity index (χ1) is 11.7. The minimum absolute atomic E-state index is 0.171. The molecule has 24 heavy (non-hydrogen) atoms. The van der Waals surface area contributed by atoms with E-state index < -0.39 is 0 Å². The normalized spacial score (nSPS) is 17.8. The van der Waals surface area contributed by atoms with Gasteiger partial charge in [0.1, 0.15) is 5.82 Å². The van der Waals surface area contributed by atoms with Gasteiger partial charge in [0.15, 0.2) is 0 Å². The Balaban J connectivity index is 1.64. The summed E-state index contributed by atoms with van der Waals surface area (Å²) < 4.78 is 18.1. The molecular formula is C20H22FNO2. The number of carbonyl (C=O) groups is 1. The average molecular weight is 327 g/mol. The maximum atomic E-state index is 13.4. The second-order valence-electron chi connectivity index (χ2n) is 6.29. The summed E-state index contributed by atoms with van der Waals surface area (Å²) >= 11 is 0. The molecule has 3 nitrogen and oxygen atoms in total. The highest BCUT2D eigenvalue weighted by Crippen LogP contribution is 2.23. The Morgan fingerprint density at radius 1 is 1.21 bits per heavy atom. The van der Waals surface area contributed by atoms with Gasteiger partial charge in [-0.15, -0.1) is 0 Å². The predicted molar refractivity (Wildman–Crippen MR) is 91.3 cm³/mol. The first kappa shape index (κ1) is 16.7. The lowest BCUT2D eigenvalue weighted by molar-refractivity contribution is 0.0600. The molecule has 126 valence electrons. The molecule has 1 aliphatic heterocycles. The molecule has 1 atom stereocenters. The number of carbonyl (C=O) groups excluding carboxylic acids is 1. The number of hydrogen-bond acceptors (Lipinski definition) is 3. The SMILES string of the molecule is COC(=O)c1ccc(CN2CCCC2Cc2cccc(F)c2)cc1. The smallest absolute Gasteiger partial charge is 0.337 e. The highest BCUT2D eigenvalue weighted by Gasteiger charge is 2.24. The van der Waals surface area contributed by atoms with Gasteiger partial charge in [0, 0.05) is 12.6 Å². The van der Waals surface area contributed by atoms with E-state index in [1.807, 2.05) is 18.2 Å². The summed E-state index contributed by atoms with van der Waals surface area (Å²) in [4.78, 5) is 13.9. The second kappa shape index (κ2) is 7.58. The summed E-state index contributed by atoms with van der Waals surface area (Å²) in [6, 6.07) is 14.9. The lowest BCUT2D eigenvalue weighted by Gasteiger charge is -2.24. The molecule has 0 aliphatic carbocycles. The third-order valence-electron chi connectivity index (χ3n) is 4.62. The van der Waals surface area contributed by atoms with Gasteiger partial charge in [0.25, 0.3) is 0 Å². The number of rotatable bonds is 5. The van der Waals surface area contributed by atoms with Crippen molar-refractivity contribution in [3.8, 4) is 0 Å². The largest absolute Gasteiger partial charge is 0.465 e. The fraction of sp³-hybridized carbons (Fsp3) is 0.350. The van der Waals surface area contributed by atoms with Gasteiger partial charge in [0.2, 0.25) is 0 Å². The van der Waals surface area contributed by atoms with E-state index in [2.05, 4.69) is 4.90 Å². The van der Waals surface area contributed by atoms with Crippen LogP contribution in [0.3, 0.4) is 0 Å². The van der Waals surface area contributed by atoms with Gasteiger partial charge in [-0.1, -0.05) is 24.3 Å². The van der Waals surface area contributed by atoms with Crippen LogP contribution in [0.25, 0.3) is 0 Å². The molecule has 0 spiro atoms. The fourth-order valence-corrected chi connectivity index (χ4v) is 3.37. The van der Waals surface area contributed by atoms with Gasteiger partial charge in [-0.2, -0.15) is 0 Å². The van der Waals surface area contributed by atoms with Crippen molar-refractivity contribution in [3.05, 3.63) is 71.0 Å². The number of benzene rings is 2. The van der Waals surface area contributed by atoms with Crippen molar-refractivity contribution < 1.29 is 13.9 Å². The van der Waals surface area contributed by atoms with Crippen molar-refractivity contribution >= 4 is 5.97 Å². The number of esters is 1. The van der Waals surface area contributed by atoms with Crippen molar-refractivity contribution in [3.63, 3.8) is 0 Å². The van der Waals surface area contributed by atoms with Crippen molar-refractivity contribution in [2.45, 2.75) is 31.8 Å². The lowest BCUT2D eigenvalue weighted by atomic mass is 10.0. The molecule has 1 heterocycles. The summed E-state index contributed by atoms with van der Waals surface area (Å²) in [7, 11) is 1.39. The van der Waals surface area contributed by atoms with Crippen molar-refractivity contribution in [1.29, 1.82) is 0 Å². The molecule has 0 amide bonds. The maximum Gasteiger partial charge on any atom is 0.337 e. The molecular weight excluding hydrogens is 305 g/mol. The molecule has 1 fully saturated rings. The highest BCUT2D eigenvalue weighted by molar-refractivity contribution is 5.89. The van der Waals surface area contributed by atoms with E-state index >= 15 is 0 Å². The van der Waals surface area contributed by atoms with Crippen LogP contribution in [0.4, 0.5) is 4.39 Å². The summed E-state index contributed by atoms with van der Waals surface area (Å²) in [5, 5.41) is 0.